The highest BCUT2D eigenvalue weighted by Crippen LogP contribution is 2.12. The molecule has 0 bridgehead atoms. The summed E-state index contributed by atoms with van der Waals surface area (Å²) in [6, 6.07) is 7.73. The molecule has 0 aliphatic heterocycles. The largest absolute Gasteiger partial charge is 0.373 e. The van der Waals surface area contributed by atoms with Crippen LogP contribution in [-0.4, -0.2) is 22.2 Å². The zero-order valence-electron chi connectivity index (χ0n) is 11.4. The molecule has 0 aliphatic carbocycles. The predicted molar refractivity (Wildman–Crippen MR) is 76.2 cm³/mol. The second-order valence-corrected chi connectivity index (χ2v) is 4.57. The van der Waals surface area contributed by atoms with Crippen LogP contribution in [-0.2, 0) is 11.8 Å². The lowest BCUT2D eigenvalue weighted by Crippen LogP contribution is -2.21. The lowest BCUT2D eigenvalue weighted by Gasteiger charge is -2.07. The van der Waals surface area contributed by atoms with Crippen molar-refractivity contribution in [3.63, 3.8) is 0 Å². The molecule has 2 aromatic rings. The molecule has 0 unspecified atom stereocenters. The van der Waals surface area contributed by atoms with Gasteiger partial charge in [0, 0.05) is 18.9 Å². The smallest absolute Gasteiger partial charge is 0.243 e. The third kappa shape index (κ3) is 3.58. The summed E-state index contributed by atoms with van der Waals surface area (Å²) in [5.74, 6) is -0.0751. The van der Waals surface area contributed by atoms with Gasteiger partial charge in [-0.15, -0.1) is 0 Å². The van der Waals surface area contributed by atoms with Crippen LogP contribution in [0.15, 0.2) is 30.5 Å². The Morgan fingerprint density at radius 2 is 2.16 bits per heavy atom. The molecule has 0 radical (unpaired) electrons. The van der Waals surface area contributed by atoms with Crippen molar-refractivity contribution in [3.8, 4) is 0 Å². The fraction of sp³-hybridized carbons (Fsp3) is 0.286. The zero-order valence-corrected chi connectivity index (χ0v) is 11.4. The molecule has 0 spiro atoms. The van der Waals surface area contributed by atoms with Gasteiger partial charge in [-0.1, -0.05) is 12.1 Å². The molecule has 0 aliphatic rings. The van der Waals surface area contributed by atoms with Gasteiger partial charge in [0.25, 0.3) is 0 Å². The third-order valence-electron chi connectivity index (χ3n) is 2.75. The van der Waals surface area contributed by atoms with Crippen LogP contribution in [0.5, 0.6) is 0 Å². The number of amides is 1. The van der Waals surface area contributed by atoms with Crippen LogP contribution < -0.4 is 10.6 Å². The van der Waals surface area contributed by atoms with E-state index in [1.165, 1.54) is 0 Å². The summed E-state index contributed by atoms with van der Waals surface area (Å²) in [5.41, 5.74) is 3.69. The molecule has 1 aromatic carbocycles. The van der Waals surface area contributed by atoms with E-state index in [-0.39, 0.29) is 12.5 Å². The molecular formula is C14H18N4O. The van der Waals surface area contributed by atoms with E-state index in [9.17, 15) is 4.79 Å². The maximum atomic E-state index is 11.8. The normalized spacial score (nSPS) is 10.3. The Hall–Kier alpha value is -2.30. The first-order chi connectivity index (χ1) is 9.04. The van der Waals surface area contributed by atoms with E-state index >= 15 is 0 Å². The molecule has 2 N–H and O–H groups in total. The van der Waals surface area contributed by atoms with Gasteiger partial charge in [-0.25, -0.2) is 0 Å². The molecule has 5 heteroatoms. The highest BCUT2D eigenvalue weighted by molar-refractivity contribution is 5.93. The van der Waals surface area contributed by atoms with Crippen LogP contribution in [0, 0.1) is 13.8 Å². The van der Waals surface area contributed by atoms with Crippen LogP contribution in [0.4, 0.5) is 11.4 Å². The second-order valence-electron chi connectivity index (χ2n) is 4.57. The standard InChI is InChI=1S/C14H18N4O/c1-10-5-4-6-12(7-10)16-14(19)8-15-13-9-18(3)17-11(13)2/h4-7,9,15H,8H2,1-3H3,(H,16,19). The molecular weight excluding hydrogens is 240 g/mol. The van der Waals surface area contributed by atoms with E-state index in [1.54, 1.807) is 4.68 Å². The van der Waals surface area contributed by atoms with Crippen LogP contribution in [0.2, 0.25) is 0 Å². The molecule has 5 nitrogen and oxygen atoms in total. The number of nitrogens with zero attached hydrogens (tertiary/aromatic N) is 2. The number of anilines is 2. The summed E-state index contributed by atoms with van der Waals surface area (Å²) in [4.78, 5) is 11.8. The van der Waals surface area contributed by atoms with Gasteiger partial charge in [0.05, 0.1) is 17.9 Å². The first-order valence-corrected chi connectivity index (χ1v) is 6.15. The van der Waals surface area contributed by atoms with Gasteiger partial charge in [-0.05, 0) is 31.5 Å². The van der Waals surface area contributed by atoms with Crippen LogP contribution in [0.3, 0.4) is 0 Å². The summed E-state index contributed by atoms with van der Waals surface area (Å²) in [6.07, 6.45) is 1.86. The number of aromatic nitrogens is 2. The van der Waals surface area contributed by atoms with Crippen molar-refractivity contribution in [1.29, 1.82) is 0 Å². The average Bonchev–Trinajstić information content (AvgIpc) is 2.65. The van der Waals surface area contributed by atoms with Crippen molar-refractivity contribution < 1.29 is 4.79 Å². The van der Waals surface area contributed by atoms with Crippen molar-refractivity contribution in [2.75, 3.05) is 17.2 Å². The minimum atomic E-state index is -0.0751. The maximum absolute atomic E-state index is 11.8. The first-order valence-electron chi connectivity index (χ1n) is 6.15. The quantitative estimate of drug-likeness (QED) is 0.882. The van der Waals surface area contributed by atoms with Crippen molar-refractivity contribution in [3.05, 3.63) is 41.7 Å². The Morgan fingerprint density at radius 1 is 1.37 bits per heavy atom. The molecule has 1 amide bonds. The van der Waals surface area contributed by atoms with Crippen LogP contribution in [0.1, 0.15) is 11.3 Å². The number of rotatable bonds is 4. The summed E-state index contributed by atoms with van der Waals surface area (Å²) in [5, 5.41) is 10.1. The van der Waals surface area contributed by atoms with E-state index < -0.39 is 0 Å². The van der Waals surface area contributed by atoms with E-state index in [4.69, 9.17) is 0 Å². The summed E-state index contributed by atoms with van der Waals surface area (Å²) in [7, 11) is 1.85. The van der Waals surface area contributed by atoms with Crippen LogP contribution in [0.25, 0.3) is 0 Å². The highest BCUT2D eigenvalue weighted by atomic mass is 16.1. The molecule has 0 saturated carbocycles. The van der Waals surface area contributed by atoms with Gasteiger partial charge in [0.2, 0.25) is 5.91 Å². The molecule has 100 valence electrons. The fourth-order valence-corrected chi connectivity index (χ4v) is 1.88. The van der Waals surface area contributed by atoms with Gasteiger partial charge in [-0.2, -0.15) is 5.10 Å². The minimum absolute atomic E-state index is 0.0751. The molecule has 1 heterocycles. The Bertz CT molecular complexity index is 589. The van der Waals surface area contributed by atoms with Crippen molar-refractivity contribution in [2.45, 2.75) is 13.8 Å². The lowest BCUT2D eigenvalue weighted by molar-refractivity contribution is -0.114. The van der Waals surface area contributed by atoms with Crippen molar-refractivity contribution >= 4 is 17.3 Å². The summed E-state index contributed by atoms with van der Waals surface area (Å²) in [6.45, 7) is 4.12. The zero-order chi connectivity index (χ0) is 13.8. The van der Waals surface area contributed by atoms with Crippen molar-refractivity contribution in [2.24, 2.45) is 7.05 Å². The van der Waals surface area contributed by atoms with E-state index in [0.29, 0.717) is 0 Å². The number of hydrogen-bond acceptors (Lipinski definition) is 3. The second kappa shape index (κ2) is 5.56. The maximum Gasteiger partial charge on any atom is 0.243 e. The Morgan fingerprint density at radius 3 is 2.79 bits per heavy atom. The topological polar surface area (TPSA) is 59.0 Å². The number of carbonyl (C=O) groups excluding carboxylic acids is 1. The SMILES string of the molecule is Cc1cccc(NC(=O)CNc2cn(C)nc2C)c1. The Labute approximate surface area is 112 Å². The van der Waals surface area contributed by atoms with E-state index in [0.717, 1.165) is 22.6 Å². The van der Waals surface area contributed by atoms with Crippen LogP contribution >= 0.6 is 0 Å². The fourth-order valence-electron chi connectivity index (χ4n) is 1.88. The predicted octanol–water partition coefficient (Wildman–Crippen LogP) is 2.09. The monoisotopic (exact) mass is 258 g/mol. The minimum Gasteiger partial charge on any atom is -0.373 e. The van der Waals surface area contributed by atoms with Crippen molar-refractivity contribution in [1.82, 2.24) is 9.78 Å². The number of aryl methyl sites for hydroxylation is 3. The average molecular weight is 258 g/mol. The Balaban J connectivity index is 1.90. The number of carbonyl (C=O) groups is 1. The van der Waals surface area contributed by atoms with E-state index in [2.05, 4.69) is 15.7 Å². The van der Waals surface area contributed by atoms with E-state index in [1.807, 2.05) is 51.4 Å². The number of hydrogen-bond donors (Lipinski definition) is 2. The number of benzene rings is 1. The molecule has 19 heavy (non-hydrogen) atoms. The number of nitrogens with one attached hydrogen (secondary N) is 2. The summed E-state index contributed by atoms with van der Waals surface area (Å²) < 4.78 is 1.72. The lowest BCUT2D eigenvalue weighted by atomic mass is 10.2. The van der Waals surface area contributed by atoms with Gasteiger partial charge >= 0.3 is 0 Å². The van der Waals surface area contributed by atoms with Gasteiger partial charge in [0.1, 0.15) is 0 Å². The first kappa shape index (κ1) is 13.1. The highest BCUT2D eigenvalue weighted by Gasteiger charge is 2.06. The van der Waals surface area contributed by atoms with Gasteiger partial charge in [-0.3, -0.25) is 9.48 Å². The van der Waals surface area contributed by atoms with Gasteiger partial charge in [0.15, 0.2) is 0 Å². The van der Waals surface area contributed by atoms with Gasteiger partial charge < -0.3 is 10.6 Å². The molecule has 0 fully saturated rings. The molecule has 0 saturated heterocycles. The Kier molecular flexibility index (Phi) is 3.85. The summed E-state index contributed by atoms with van der Waals surface area (Å²) >= 11 is 0. The third-order valence-corrected chi connectivity index (χ3v) is 2.75. The molecule has 2 rings (SSSR count). The molecule has 1 aromatic heterocycles. The molecule has 0 atom stereocenters.